The lowest BCUT2D eigenvalue weighted by atomic mass is 9.53. The minimum Gasteiger partial charge on any atom is -0.443 e. The van der Waals surface area contributed by atoms with Gasteiger partial charge < -0.3 is 29.5 Å². The van der Waals surface area contributed by atoms with Gasteiger partial charge in [-0.2, -0.15) is 0 Å². The van der Waals surface area contributed by atoms with Crippen LogP contribution in [0.25, 0.3) is 0 Å². The van der Waals surface area contributed by atoms with Gasteiger partial charge in [-0.15, -0.1) is 0 Å². The van der Waals surface area contributed by atoms with Crippen LogP contribution in [0, 0.1) is 0 Å². The van der Waals surface area contributed by atoms with Crippen molar-refractivity contribution < 1.29 is 58.3 Å². The van der Waals surface area contributed by atoms with Crippen LogP contribution in [0.4, 0.5) is 0 Å². The molecule has 0 amide bonds. The largest absolute Gasteiger partial charge is 0.443 e. The number of rotatable bonds is 66. The van der Waals surface area contributed by atoms with Gasteiger partial charge in [0.05, 0.1) is 0 Å². The molecule has 12 heteroatoms. The van der Waals surface area contributed by atoms with Crippen molar-refractivity contribution in [2.45, 2.75) is 462 Å². The summed E-state index contributed by atoms with van der Waals surface area (Å²) in [4.78, 5) is 94.5. The van der Waals surface area contributed by atoms with E-state index in [1.165, 1.54) is 44.9 Å². The Labute approximate surface area is 553 Å². The summed E-state index contributed by atoms with van der Waals surface area (Å²) in [5, 5.41) is 38.9. The standard InChI is InChI=1S/C78H144O12/c1-7-13-19-25-31-37-43-49-55-61-67(79)76(88-70(82)64-58-52-46-40-34-28-22-16-10-4)74(86)73(85)75(87)77(68(80)62-56-50-44-38-32-26-20-14-8-2,89-71(83)65-59-53-47-41-35-29-23-17-11-5)78(76,69(81)63-57-51-45-39-33-27-21-15-9-3)90-72(84)66-60-54-48-42-36-30-24-18-12-6/h73-75,85-87H,7-66H2,1-6H3/t73-,74-,75+,76+,77-,78-. The van der Waals surface area contributed by atoms with Gasteiger partial charge in [-0.3, -0.25) is 28.8 Å². The van der Waals surface area contributed by atoms with Crippen molar-refractivity contribution >= 4 is 35.3 Å². The fourth-order valence-corrected chi connectivity index (χ4v) is 13.8. The first-order chi connectivity index (χ1) is 43.8. The second kappa shape index (κ2) is 56.6. The number of aliphatic hydroxyl groups is 3. The smallest absolute Gasteiger partial charge is 0.307 e. The second-order valence-corrected chi connectivity index (χ2v) is 27.7. The highest BCUT2D eigenvalue weighted by Crippen LogP contribution is 2.55. The molecule has 0 aliphatic heterocycles. The first kappa shape index (κ1) is 85.3. The molecule has 0 heterocycles. The first-order valence-corrected chi connectivity index (χ1v) is 39.1. The molecule has 1 aliphatic rings. The van der Waals surface area contributed by atoms with Gasteiger partial charge >= 0.3 is 17.9 Å². The number of esters is 3. The van der Waals surface area contributed by atoms with Gasteiger partial charge in [0, 0.05) is 38.5 Å². The van der Waals surface area contributed by atoms with Crippen molar-refractivity contribution in [3.63, 3.8) is 0 Å². The number of hydrogen-bond donors (Lipinski definition) is 3. The first-order valence-electron chi connectivity index (χ1n) is 39.1. The van der Waals surface area contributed by atoms with Gasteiger partial charge in [-0.25, -0.2) is 0 Å². The zero-order chi connectivity index (χ0) is 66.2. The molecule has 1 rings (SSSR count). The average molecular weight is 1270 g/mol. The third-order valence-electron chi connectivity index (χ3n) is 19.5. The number of carbonyl (C=O) groups is 6. The SMILES string of the molecule is CCCCCCCCCCCC(=O)O[C@@]1(C(=O)CCCCCCCCCCC)[C@@](OC(=O)CCCCCCCCCCC)(C(=O)CCCCCCCCCCC)[C@@H](O)[C@H](O)[C@@H](O)[C@@]1(OC(=O)CCCCCCCCCCC)C(=O)CCCCCCCCCCC. The summed E-state index contributed by atoms with van der Waals surface area (Å²) < 4.78 is 20.0. The highest BCUT2D eigenvalue weighted by Gasteiger charge is 2.87. The van der Waals surface area contributed by atoms with Gasteiger partial charge in [0.25, 0.3) is 5.60 Å². The Bertz CT molecular complexity index is 1700. The van der Waals surface area contributed by atoms with Crippen LogP contribution >= 0.6 is 0 Å². The summed E-state index contributed by atoms with van der Waals surface area (Å²) in [7, 11) is 0. The van der Waals surface area contributed by atoms with Crippen molar-refractivity contribution in [1.82, 2.24) is 0 Å². The van der Waals surface area contributed by atoms with Gasteiger partial charge in [0.1, 0.15) is 18.3 Å². The van der Waals surface area contributed by atoms with Crippen molar-refractivity contribution in [2.75, 3.05) is 0 Å². The lowest BCUT2D eigenvalue weighted by molar-refractivity contribution is -0.324. The van der Waals surface area contributed by atoms with Crippen molar-refractivity contribution in [3.05, 3.63) is 0 Å². The van der Waals surface area contributed by atoms with E-state index in [0.29, 0.717) is 57.8 Å². The lowest BCUT2D eigenvalue weighted by Crippen LogP contribution is -2.91. The summed E-state index contributed by atoms with van der Waals surface area (Å²) in [5.41, 5.74) is -10.0. The zero-order valence-electron chi connectivity index (χ0n) is 59.7. The Morgan fingerprint density at radius 3 is 0.611 bits per heavy atom. The molecule has 0 aromatic rings. The monoisotopic (exact) mass is 1270 g/mol. The normalized spacial score (nSPS) is 19.9. The number of aliphatic hydroxyl groups excluding tert-OH is 3. The molecule has 6 atom stereocenters. The fraction of sp³-hybridized carbons (Fsp3) is 0.923. The summed E-state index contributed by atoms with van der Waals surface area (Å²) in [6.45, 7) is 13.1. The van der Waals surface area contributed by atoms with E-state index in [4.69, 9.17) is 14.2 Å². The lowest BCUT2D eigenvalue weighted by Gasteiger charge is -2.61. The predicted octanol–water partition coefficient (Wildman–Crippen LogP) is 21.2. The topological polar surface area (TPSA) is 191 Å². The quantitative estimate of drug-likeness (QED) is 0.0297. The van der Waals surface area contributed by atoms with Crippen LogP contribution in [0.5, 0.6) is 0 Å². The van der Waals surface area contributed by atoms with Crippen LogP contribution in [0.2, 0.25) is 0 Å². The van der Waals surface area contributed by atoms with Crippen LogP contribution in [0.1, 0.15) is 427 Å². The Balaban J connectivity index is 4.39. The average Bonchev–Trinajstić information content (AvgIpc) is 0.670. The Kier molecular flexibility index (Phi) is 53.7. The van der Waals surface area contributed by atoms with Gasteiger partial charge in [0.15, 0.2) is 17.3 Å². The fourth-order valence-electron chi connectivity index (χ4n) is 13.8. The molecule has 0 spiro atoms. The van der Waals surface area contributed by atoms with Crippen LogP contribution in [0.15, 0.2) is 0 Å². The van der Waals surface area contributed by atoms with Crippen molar-refractivity contribution in [2.24, 2.45) is 0 Å². The number of carbonyl (C=O) groups excluding carboxylic acids is 6. The van der Waals surface area contributed by atoms with Gasteiger partial charge in [-0.1, -0.05) is 350 Å². The molecule has 528 valence electrons. The van der Waals surface area contributed by atoms with E-state index in [2.05, 4.69) is 41.5 Å². The van der Waals surface area contributed by atoms with Crippen molar-refractivity contribution in [3.8, 4) is 0 Å². The summed E-state index contributed by atoms with van der Waals surface area (Å²) >= 11 is 0. The third-order valence-corrected chi connectivity index (χ3v) is 19.5. The molecule has 1 fully saturated rings. The Hall–Kier alpha value is -2.70. The van der Waals surface area contributed by atoms with Crippen LogP contribution in [-0.2, 0) is 43.0 Å². The molecule has 0 bridgehead atoms. The van der Waals surface area contributed by atoms with E-state index in [1.807, 2.05) is 0 Å². The zero-order valence-corrected chi connectivity index (χ0v) is 59.7. The van der Waals surface area contributed by atoms with E-state index < -0.39 is 89.6 Å². The molecule has 1 saturated carbocycles. The summed E-state index contributed by atoms with van der Waals surface area (Å²) in [6.07, 6.45) is 39.9. The van der Waals surface area contributed by atoms with E-state index in [9.17, 15) is 15.3 Å². The van der Waals surface area contributed by atoms with E-state index >= 15 is 28.8 Å². The molecule has 0 aromatic heterocycles. The molecule has 0 aromatic carbocycles. The maximum Gasteiger partial charge on any atom is 0.307 e. The molecular formula is C78H144O12. The Morgan fingerprint density at radius 1 is 0.233 bits per heavy atom. The molecule has 1 aliphatic carbocycles. The minimum absolute atomic E-state index is 0.198. The predicted molar refractivity (Wildman–Crippen MR) is 371 cm³/mol. The number of ketones is 3. The van der Waals surface area contributed by atoms with Crippen LogP contribution in [0.3, 0.4) is 0 Å². The number of unbranched alkanes of at least 4 members (excludes halogenated alkanes) is 48. The third kappa shape index (κ3) is 33.6. The van der Waals surface area contributed by atoms with Crippen molar-refractivity contribution in [1.29, 1.82) is 0 Å². The van der Waals surface area contributed by atoms with E-state index in [0.717, 1.165) is 225 Å². The number of Topliss-reactive ketones (excluding diaryl/α,β-unsaturated/α-hetero) is 3. The van der Waals surface area contributed by atoms with E-state index in [-0.39, 0.29) is 38.5 Å². The maximum atomic E-state index is 16.6. The van der Waals surface area contributed by atoms with Gasteiger partial charge in [0.2, 0.25) is 11.2 Å². The highest BCUT2D eigenvalue weighted by molar-refractivity contribution is 6.10. The molecule has 3 N–H and O–H groups in total. The highest BCUT2D eigenvalue weighted by atomic mass is 16.7. The molecule has 90 heavy (non-hydrogen) atoms. The molecule has 0 radical (unpaired) electrons. The van der Waals surface area contributed by atoms with Crippen LogP contribution in [-0.4, -0.2) is 85.7 Å². The molecular weight excluding hydrogens is 1130 g/mol. The van der Waals surface area contributed by atoms with Crippen LogP contribution < -0.4 is 0 Å². The second-order valence-electron chi connectivity index (χ2n) is 27.7. The molecule has 0 unspecified atom stereocenters. The molecule has 0 saturated heterocycles. The number of ether oxygens (including phenoxy) is 3. The minimum atomic E-state index is -3.43. The maximum absolute atomic E-state index is 16.6. The summed E-state index contributed by atoms with van der Waals surface area (Å²) in [6, 6.07) is 0. The summed E-state index contributed by atoms with van der Waals surface area (Å²) in [5.74, 6) is -6.08. The Morgan fingerprint density at radius 2 is 0.400 bits per heavy atom. The number of hydrogen-bond acceptors (Lipinski definition) is 12. The van der Waals surface area contributed by atoms with Gasteiger partial charge in [-0.05, 0) is 38.5 Å². The molecule has 12 nitrogen and oxygen atoms in total. The van der Waals surface area contributed by atoms with E-state index in [1.54, 1.807) is 0 Å².